The normalized spacial score (nSPS) is 11.2. The van der Waals surface area contributed by atoms with Crippen molar-refractivity contribution in [3.63, 3.8) is 0 Å². The van der Waals surface area contributed by atoms with Gasteiger partial charge < -0.3 is 0 Å². The van der Waals surface area contributed by atoms with E-state index in [1.54, 1.807) is 4.57 Å². The molecule has 0 aliphatic rings. The van der Waals surface area contributed by atoms with Crippen molar-refractivity contribution in [1.82, 2.24) is 9.55 Å². The number of hydrogen-bond donors (Lipinski definition) is 0. The van der Waals surface area contributed by atoms with Gasteiger partial charge in [-0.25, -0.2) is 4.98 Å². The molecule has 0 aliphatic heterocycles. The van der Waals surface area contributed by atoms with Crippen LogP contribution in [0.25, 0.3) is 28.4 Å². The van der Waals surface area contributed by atoms with E-state index >= 15 is 0 Å². The molecule has 4 aromatic rings. The molecule has 0 aliphatic carbocycles. The first-order valence-corrected chi connectivity index (χ1v) is 8.59. The van der Waals surface area contributed by atoms with Gasteiger partial charge in [0.25, 0.3) is 5.56 Å². The van der Waals surface area contributed by atoms with Crippen molar-refractivity contribution in [3.05, 3.63) is 107 Å². The van der Waals surface area contributed by atoms with E-state index in [1.807, 2.05) is 97.1 Å². The average Bonchev–Trinajstić information content (AvgIpc) is 2.71. The summed E-state index contributed by atoms with van der Waals surface area (Å²) in [7, 11) is 0. The van der Waals surface area contributed by atoms with E-state index in [0.29, 0.717) is 17.8 Å². The molecule has 0 bridgehead atoms. The van der Waals surface area contributed by atoms with Crippen LogP contribution in [-0.4, -0.2) is 9.55 Å². The van der Waals surface area contributed by atoms with Crippen LogP contribution in [-0.2, 0) is 6.54 Å². The van der Waals surface area contributed by atoms with Crippen molar-refractivity contribution >= 4 is 17.0 Å². The maximum absolute atomic E-state index is 13.1. The Balaban J connectivity index is 1.82. The largest absolute Gasteiger partial charge is 0.288 e. The lowest BCUT2D eigenvalue weighted by atomic mass is 10.1. The Bertz CT molecular complexity index is 1110. The second kappa shape index (κ2) is 7.19. The Hall–Kier alpha value is -3.46. The van der Waals surface area contributed by atoms with Crippen LogP contribution < -0.4 is 5.56 Å². The number of allylic oxidation sites excluding steroid dienone is 1. The first-order valence-electron chi connectivity index (χ1n) is 8.59. The van der Waals surface area contributed by atoms with Crippen LogP contribution in [0.5, 0.6) is 0 Å². The Morgan fingerprint density at radius 3 is 2.23 bits per heavy atom. The third kappa shape index (κ3) is 3.20. The summed E-state index contributed by atoms with van der Waals surface area (Å²) in [6.07, 6.45) is 4.02. The predicted octanol–water partition coefficient (Wildman–Crippen LogP) is 4.78. The average molecular weight is 338 g/mol. The molecule has 26 heavy (non-hydrogen) atoms. The highest BCUT2D eigenvalue weighted by Gasteiger charge is 2.11. The number of benzene rings is 3. The maximum atomic E-state index is 13.1. The molecule has 0 saturated heterocycles. The van der Waals surface area contributed by atoms with Crippen molar-refractivity contribution in [1.29, 1.82) is 0 Å². The molecule has 4 rings (SSSR count). The van der Waals surface area contributed by atoms with E-state index < -0.39 is 0 Å². The van der Waals surface area contributed by atoms with Crippen LogP contribution in [0.3, 0.4) is 0 Å². The molecule has 1 aromatic heterocycles. The first kappa shape index (κ1) is 16.0. The van der Waals surface area contributed by atoms with Gasteiger partial charge in [-0.2, -0.15) is 0 Å². The molecule has 126 valence electrons. The summed E-state index contributed by atoms with van der Waals surface area (Å²) in [5.74, 6) is 0.687. The fourth-order valence-electron chi connectivity index (χ4n) is 3.00. The molecule has 0 N–H and O–H groups in total. The van der Waals surface area contributed by atoms with Crippen LogP contribution in [0.4, 0.5) is 0 Å². The Morgan fingerprint density at radius 2 is 1.46 bits per heavy atom. The van der Waals surface area contributed by atoms with Crippen molar-refractivity contribution in [2.45, 2.75) is 6.54 Å². The number of rotatable bonds is 4. The summed E-state index contributed by atoms with van der Waals surface area (Å²) in [6.45, 7) is 0.468. The fraction of sp³-hybridized carbons (Fsp3) is 0.0435. The summed E-state index contributed by atoms with van der Waals surface area (Å²) in [5, 5.41) is 0.639. The van der Waals surface area contributed by atoms with Gasteiger partial charge in [-0.05, 0) is 17.7 Å². The summed E-state index contributed by atoms with van der Waals surface area (Å²) in [5.41, 5.74) is 2.74. The van der Waals surface area contributed by atoms with Gasteiger partial charge in [-0.1, -0.05) is 84.9 Å². The van der Waals surface area contributed by atoms with Crippen LogP contribution in [0.1, 0.15) is 5.56 Å². The Morgan fingerprint density at radius 1 is 0.808 bits per heavy atom. The Kier molecular flexibility index (Phi) is 4.44. The monoisotopic (exact) mass is 338 g/mol. The van der Waals surface area contributed by atoms with E-state index in [0.717, 1.165) is 16.6 Å². The van der Waals surface area contributed by atoms with Crippen LogP contribution >= 0.6 is 0 Å². The molecule has 0 unspecified atom stereocenters. The molecule has 3 aromatic carbocycles. The number of aromatic nitrogens is 2. The maximum Gasteiger partial charge on any atom is 0.261 e. The molecule has 3 nitrogen and oxygen atoms in total. The number of nitrogens with zero attached hydrogens (tertiary/aromatic N) is 2. The molecule has 0 atom stereocenters. The topological polar surface area (TPSA) is 34.9 Å². The van der Waals surface area contributed by atoms with Gasteiger partial charge in [0.15, 0.2) is 0 Å². The van der Waals surface area contributed by atoms with E-state index in [1.165, 1.54) is 0 Å². The third-order valence-electron chi connectivity index (χ3n) is 4.29. The zero-order valence-corrected chi connectivity index (χ0v) is 14.2. The van der Waals surface area contributed by atoms with E-state index in [9.17, 15) is 4.79 Å². The van der Waals surface area contributed by atoms with Gasteiger partial charge in [0, 0.05) is 12.1 Å². The molecule has 1 heterocycles. The number of fused-ring (bicyclic) bond motifs is 1. The van der Waals surface area contributed by atoms with Gasteiger partial charge in [0.2, 0.25) is 0 Å². The van der Waals surface area contributed by atoms with Gasteiger partial charge in [-0.3, -0.25) is 9.36 Å². The van der Waals surface area contributed by atoms with E-state index in [-0.39, 0.29) is 5.56 Å². The zero-order valence-electron chi connectivity index (χ0n) is 14.2. The van der Waals surface area contributed by atoms with Crippen molar-refractivity contribution < 1.29 is 0 Å². The minimum Gasteiger partial charge on any atom is -0.288 e. The van der Waals surface area contributed by atoms with E-state index in [4.69, 9.17) is 4.98 Å². The molecule has 0 spiro atoms. The molecular weight excluding hydrogens is 320 g/mol. The highest BCUT2D eigenvalue weighted by Crippen LogP contribution is 2.18. The molecule has 0 radical (unpaired) electrons. The summed E-state index contributed by atoms with van der Waals surface area (Å²) in [4.78, 5) is 17.8. The SMILES string of the molecule is O=c1c2ccccc2nc(-c2ccccc2)n1C/C=C/c1ccccc1. The summed E-state index contributed by atoms with van der Waals surface area (Å²) < 4.78 is 1.73. The van der Waals surface area contributed by atoms with Gasteiger partial charge in [0.05, 0.1) is 10.9 Å². The highest BCUT2D eigenvalue weighted by atomic mass is 16.1. The summed E-state index contributed by atoms with van der Waals surface area (Å²) in [6, 6.07) is 27.4. The van der Waals surface area contributed by atoms with Crippen LogP contribution in [0.15, 0.2) is 95.8 Å². The van der Waals surface area contributed by atoms with Crippen molar-refractivity contribution in [3.8, 4) is 11.4 Å². The van der Waals surface area contributed by atoms with Crippen LogP contribution in [0.2, 0.25) is 0 Å². The molecular formula is C23H18N2O. The quantitative estimate of drug-likeness (QED) is 0.537. The minimum absolute atomic E-state index is 0.0211. The second-order valence-corrected chi connectivity index (χ2v) is 6.05. The van der Waals surface area contributed by atoms with Gasteiger partial charge >= 0.3 is 0 Å². The molecule has 0 amide bonds. The van der Waals surface area contributed by atoms with Crippen molar-refractivity contribution in [2.75, 3.05) is 0 Å². The fourth-order valence-corrected chi connectivity index (χ4v) is 3.00. The molecule has 0 fully saturated rings. The minimum atomic E-state index is -0.0211. The lowest BCUT2D eigenvalue weighted by Gasteiger charge is -2.12. The zero-order chi connectivity index (χ0) is 17.8. The third-order valence-corrected chi connectivity index (χ3v) is 4.29. The number of para-hydroxylation sites is 1. The van der Waals surface area contributed by atoms with Gasteiger partial charge in [-0.15, -0.1) is 0 Å². The number of hydrogen-bond acceptors (Lipinski definition) is 2. The molecule has 0 saturated carbocycles. The first-order chi connectivity index (χ1) is 12.8. The predicted molar refractivity (Wildman–Crippen MR) is 107 cm³/mol. The lowest BCUT2D eigenvalue weighted by Crippen LogP contribution is -2.23. The Labute approximate surface area is 151 Å². The van der Waals surface area contributed by atoms with Crippen molar-refractivity contribution in [2.24, 2.45) is 0 Å². The van der Waals surface area contributed by atoms with Crippen LogP contribution in [0, 0.1) is 0 Å². The smallest absolute Gasteiger partial charge is 0.261 e. The van der Waals surface area contributed by atoms with E-state index in [2.05, 4.69) is 0 Å². The lowest BCUT2D eigenvalue weighted by molar-refractivity contribution is 0.780. The standard InChI is InChI=1S/C23H18N2O/c26-23-20-15-7-8-16-21(20)24-22(19-13-5-2-6-14-19)25(23)17-9-12-18-10-3-1-4-11-18/h1-16H,17H2/b12-9+. The highest BCUT2D eigenvalue weighted by molar-refractivity contribution is 5.79. The second-order valence-electron chi connectivity index (χ2n) is 6.05. The van der Waals surface area contributed by atoms with Gasteiger partial charge in [0.1, 0.15) is 5.82 Å². The summed E-state index contributed by atoms with van der Waals surface area (Å²) >= 11 is 0. The molecule has 3 heteroatoms.